The molecule has 0 saturated heterocycles. The van der Waals surface area contributed by atoms with Crippen molar-refractivity contribution in [1.29, 1.82) is 0 Å². The molecule has 0 unspecified atom stereocenters. The van der Waals surface area contributed by atoms with Crippen molar-refractivity contribution in [3.8, 4) is 0 Å². The van der Waals surface area contributed by atoms with E-state index in [9.17, 15) is 0 Å². The number of rotatable bonds is 11. The molecule has 0 aromatic carbocycles. The molecular formula is C12H27O3P. The summed E-state index contributed by atoms with van der Waals surface area (Å²) in [7, 11) is -1.12. The van der Waals surface area contributed by atoms with Gasteiger partial charge in [0.05, 0.1) is 19.8 Å². The number of hydrogen-bond donors (Lipinski definition) is 0. The second-order valence-corrected chi connectivity index (χ2v) is 5.51. The molecule has 0 amide bonds. The molecule has 0 radical (unpaired) electrons. The van der Waals surface area contributed by atoms with Gasteiger partial charge in [-0.2, -0.15) is 0 Å². The van der Waals surface area contributed by atoms with Crippen LogP contribution in [0.3, 0.4) is 0 Å². The molecular weight excluding hydrogens is 223 g/mol. The van der Waals surface area contributed by atoms with Gasteiger partial charge in [-0.15, -0.1) is 0 Å². The van der Waals surface area contributed by atoms with Crippen LogP contribution in [0.1, 0.15) is 53.4 Å². The van der Waals surface area contributed by atoms with E-state index in [0.717, 1.165) is 38.9 Å². The van der Waals surface area contributed by atoms with E-state index in [1.165, 1.54) is 0 Å². The molecule has 0 saturated carbocycles. The smallest absolute Gasteiger partial charge is 0.312 e. The third-order valence-electron chi connectivity index (χ3n) is 1.90. The average molecular weight is 250 g/mol. The van der Waals surface area contributed by atoms with Crippen molar-refractivity contribution < 1.29 is 13.6 Å². The fraction of sp³-hybridized carbons (Fsp3) is 1.00. The molecule has 98 valence electrons. The van der Waals surface area contributed by atoms with Gasteiger partial charge in [0.15, 0.2) is 0 Å². The van der Waals surface area contributed by atoms with Crippen LogP contribution in [-0.2, 0) is 13.6 Å². The molecule has 0 aliphatic heterocycles. The van der Waals surface area contributed by atoms with Gasteiger partial charge in [0, 0.05) is 0 Å². The Morgan fingerprint density at radius 2 is 1.38 bits per heavy atom. The van der Waals surface area contributed by atoms with E-state index in [4.69, 9.17) is 13.6 Å². The largest absolute Gasteiger partial charge is 0.332 e. The normalized spacial score (nSPS) is 11.6. The van der Waals surface area contributed by atoms with Gasteiger partial charge in [-0.25, -0.2) is 0 Å². The van der Waals surface area contributed by atoms with E-state index >= 15 is 0 Å². The standard InChI is InChI=1S/C12H27O3P/c1-5-7-9-13-16(14-10-8-6-2)15-11-12(3)4/h12H,5-11H2,1-4H3. The molecule has 0 aliphatic carbocycles. The first-order valence-electron chi connectivity index (χ1n) is 6.39. The van der Waals surface area contributed by atoms with Gasteiger partial charge in [0.2, 0.25) is 0 Å². The van der Waals surface area contributed by atoms with Crippen LogP contribution in [0, 0.1) is 5.92 Å². The van der Waals surface area contributed by atoms with E-state index in [0.29, 0.717) is 12.5 Å². The molecule has 0 rings (SSSR count). The summed E-state index contributed by atoms with van der Waals surface area (Å²) in [5.41, 5.74) is 0. The lowest BCUT2D eigenvalue weighted by atomic mass is 10.2. The van der Waals surface area contributed by atoms with Gasteiger partial charge in [0.25, 0.3) is 0 Å². The zero-order valence-corrected chi connectivity index (χ0v) is 12.1. The summed E-state index contributed by atoms with van der Waals surface area (Å²) in [5.74, 6) is 0.523. The average Bonchev–Trinajstić information content (AvgIpc) is 2.25. The zero-order valence-electron chi connectivity index (χ0n) is 11.2. The van der Waals surface area contributed by atoms with Gasteiger partial charge in [-0.3, -0.25) is 0 Å². The highest BCUT2D eigenvalue weighted by molar-refractivity contribution is 7.41. The van der Waals surface area contributed by atoms with Crippen LogP contribution in [0.2, 0.25) is 0 Å². The fourth-order valence-corrected chi connectivity index (χ4v) is 2.09. The van der Waals surface area contributed by atoms with Crippen LogP contribution in [0.4, 0.5) is 0 Å². The lowest BCUT2D eigenvalue weighted by molar-refractivity contribution is 0.146. The summed E-state index contributed by atoms with van der Waals surface area (Å²) in [4.78, 5) is 0. The van der Waals surface area contributed by atoms with Crippen LogP contribution < -0.4 is 0 Å². The van der Waals surface area contributed by atoms with E-state index < -0.39 is 8.60 Å². The van der Waals surface area contributed by atoms with Crippen molar-refractivity contribution >= 4 is 8.60 Å². The molecule has 0 heterocycles. The van der Waals surface area contributed by atoms with E-state index in [-0.39, 0.29) is 0 Å². The minimum absolute atomic E-state index is 0.523. The Morgan fingerprint density at radius 1 is 0.875 bits per heavy atom. The topological polar surface area (TPSA) is 27.7 Å². The monoisotopic (exact) mass is 250 g/mol. The third kappa shape index (κ3) is 10.8. The number of hydrogen-bond acceptors (Lipinski definition) is 3. The lowest BCUT2D eigenvalue weighted by Gasteiger charge is -2.17. The highest BCUT2D eigenvalue weighted by Crippen LogP contribution is 2.40. The first-order valence-corrected chi connectivity index (χ1v) is 7.49. The predicted molar refractivity (Wildman–Crippen MR) is 69.4 cm³/mol. The molecule has 0 bridgehead atoms. The van der Waals surface area contributed by atoms with Crippen molar-refractivity contribution in [2.45, 2.75) is 53.4 Å². The minimum atomic E-state index is -1.12. The summed E-state index contributed by atoms with van der Waals surface area (Å²) < 4.78 is 16.8. The molecule has 0 N–H and O–H groups in total. The second kappa shape index (κ2) is 11.8. The Hall–Kier alpha value is 0.310. The predicted octanol–water partition coefficient (Wildman–Crippen LogP) is 4.52. The maximum atomic E-state index is 5.62. The van der Waals surface area contributed by atoms with Crippen molar-refractivity contribution in [1.82, 2.24) is 0 Å². The lowest BCUT2D eigenvalue weighted by Crippen LogP contribution is -2.03. The van der Waals surface area contributed by atoms with Gasteiger partial charge in [0.1, 0.15) is 0 Å². The van der Waals surface area contributed by atoms with Crippen molar-refractivity contribution in [2.75, 3.05) is 19.8 Å². The van der Waals surface area contributed by atoms with Crippen molar-refractivity contribution in [2.24, 2.45) is 5.92 Å². The van der Waals surface area contributed by atoms with Crippen molar-refractivity contribution in [3.63, 3.8) is 0 Å². The molecule has 4 heteroatoms. The van der Waals surface area contributed by atoms with E-state index in [1.54, 1.807) is 0 Å². The highest BCUT2D eigenvalue weighted by atomic mass is 31.2. The molecule has 0 aromatic heterocycles. The second-order valence-electron chi connectivity index (χ2n) is 4.29. The third-order valence-corrected chi connectivity index (χ3v) is 3.05. The summed E-state index contributed by atoms with van der Waals surface area (Å²) in [5, 5.41) is 0. The quantitative estimate of drug-likeness (QED) is 0.398. The summed E-state index contributed by atoms with van der Waals surface area (Å²) in [6.07, 6.45) is 4.42. The molecule has 0 spiro atoms. The summed E-state index contributed by atoms with van der Waals surface area (Å²) in [6.45, 7) is 10.8. The highest BCUT2D eigenvalue weighted by Gasteiger charge is 2.12. The maximum absolute atomic E-state index is 5.62. The molecule has 0 atom stereocenters. The Balaban J connectivity index is 3.67. The Morgan fingerprint density at radius 3 is 1.75 bits per heavy atom. The van der Waals surface area contributed by atoms with Crippen LogP contribution >= 0.6 is 8.60 Å². The fourth-order valence-electron chi connectivity index (χ4n) is 0.889. The maximum Gasteiger partial charge on any atom is 0.332 e. The molecule has 16 heavy (non-hydrogen) atoms. The minimum Gasteiger partial charge on any atom is -0.312 e. The summed E-state index contributed by atoms with van der Waals surface area (Å²) >= 11 is 0. The first kappa shape index (κ1) is 16.3. The van der Waals surface area contributed by atoms with E-state index in [1.807, 2.05) is 0 Å². The SMILES string of the molecule is CCCCOP(OCCCC)OCC(C)C. The van der Waals surface area contributed by atoms with Gasteiger partial charge >= 0.3 is 8.60 Å². The van der Waals surface area contributed by atoms with Gasteiger partial charge < -0.3 is 13.6 Å². The molecule has 0 aromatic rings. The number of unbranched alkanes of at least 4 members (excludes halogenated alkanes) is 2. The molecule has 3 nitrogen and oxygen atoms in total. The molecule has 0 fully saturated rings. The Bertz CT molecular complexity index is 132. The van der Waals surface area contributed by atoms with Crippen LogP contribution in [0.5, 0.6) is 0 Å². The van der Waals surface area contributed by atoms with Gasteiger partial charge in [-0.05, 0) is 18.8 Å². The van der Waals surface area contributed by atoms with Gasteiger partial charge in [-0.1, -0.05) is 40.5 Å². The summed E-state index contributed by atoms with van der Waals surface area (Å²) in [6, 6.07) is 0. The zero-order chi connectivity index (χ0) is 12.2. The van der Waals surface area contributed by atoms with Crippen LogP contribution in [0.15, 0.2) is 0 Å². The van der Waals surface area contributed by atoms with Crippen LogP contribution in [-0.4, -0.2) is 19.8 Å². The Labute approximate surface area is 102 Å². The Kier molecular flexibility index (Phi) is 12.0. The first-order chi connectivity index (χ1) is 7.70. The van der Waals surface area contributed by atoms with E-state index in [2.05, 4.69) is 27.7 Å². The van der Waals surface area contributed by atoms with Crippen LogP contribution in [0.25, 0.3) is 0 Å². The molecule has 0 aliphatic rings. The van der Waals surface area contributed by atoms with Crippen molar-refractivity contribution in [3.05, 3.63) is 0 Å².